The Bertz CT molecular complexity index is 351. The normalized spacial score (nSPS) is 37.6. The first-order chi connectivity index (χ1) is 10.0. The van der Waals surface area contributed by atoms with E-state index < -0.39 is 5.54 Å². The average Bonchev–Trinajstić information content (AvgIpc) is 2.90. The Morgan fingerprint density at radius 2 is 1.90 bits per heavy atom. The molecule has 2 rings (SSSR count). The van der Waals surface area contributed by atoms with Gasteiger partial charge in [-0.05, 0) is 65.5 Å². The van der Waals surface area contributed by atoms with Crippen molar-refractivity contribution in [1.82, 2.24) is 10.2 Å². The third-order valence-corrected chi connectivity index (χ3v) is 5.93. The fourth-order valence-electron chi connectivity index (χ4n) is 4.57. The SMILES string of the molecule is CNC1(C(=O)OC)CCCC1CCN1C(C)CCCC1C. The molecule has 0 radical (unpaired) electrons. The van der Waals surface area contributed by atoms with Gasteiger partial charge >= 0.3 is 5.97 Å². The van der Waals surface area contributed by atoms with Crippen LogP contribution in [0.15, 0.2) is 0 Å². The van der Waals surface area contributed by atoms with Gasteiger partial charge in [-0.2, -0.15) is 0 Å². The summed E-state index contributed by atoms with van der Waals surface area (Å²) in [5.74, 6) is 0.323. The third-order valence-electron chi connectivity index (χ3n) is 5.93. The number of likely N-dealkylation sites (tertiary alicyclic amines) is 1. The molecule has 2 aliphatic rings. The van der Waals surface area contributed by atoms with Crippen molar-refractivity contribution in [1.29, 1.82) is 0 Å². The Kier molecular flexibility index (Phi) is 5.67. The smallest absolute Gasteiger partial charge is 0.326 e. The van der Waals surface area contributed by atoms with E-state index >= 15 is 0 Å². The summed E-state index contributed by atoms with van der Waals surface area (Å²) in [6.07, 6.45) is 8.21. The maximum Gasteiger partial charge on any atom is 0.326 e. The molecule has 4 nitrogen and oxygen atoms in total. The van der Waals surface area contributed by atoms with E-state index in [1.807, 2.05) is 7.05 Å². The number of carbonyl (C=O) groups excluding carboxylic acids is 1. The van der Waals surface area contributed by atoms with E-state index in [1.54, 1.807) is 0 Å². The molecule has 4 atom stereocenters. The molecular formula is C17H32N2O2. The van der Waals surface area contributed by atoms with Crippen molar-refractivity contribution in [3.05, 3.63) is 0 Å². The first kappa shape index (κ1) is 16.8. The summed E-state index contributed by atoms with van der Waals surface area (Å²) in [6.45, 7) is 5.79. The number of carbonyl (C=O) groups is 1. The maximum absolute atomic E-state index is 12.3. The van der Waals surface area contributed by atoms with Crippen molar-refractivity contribution in [3.63, 3.8) is 0 Å². The van der Waals surface area contributed by atoms with Crippen LogP contribution in [0.1, 0.15) is 58.8 Å². The van der Waals surface area contributed by atoms with Crippen LogP contribution < -0.4 is 5.32 Å². The summed E-state index contributed by atoms with van der Waals surface area (Å²) < 4.78 is 5.08. The Morgan fingerprint density at radius 3 is 2.48 bits per heavy atom. The van der Waals surface area contributed by atoms with Crippen molar-refractivity contribution in [2.24, 2.45) is 5.92 Å². The molecule has 122 valence electrons. The molecule has 0 spiro atoms. The minimum Gasteiger partial charge on any atom is -0.468 e. The molecule has 1 aliphatic heterocycles. The highest BCUT2D eigenvalue weighted by molar-refractivity contribution is 5.81. The van der Waals surface area contributed by atoms with E-state index in [0.29, 0.717) is 18.0 Å². The van der Waals surface area contributed by atoms with Gasteiger partial charge in [0.05, 0.1) is 7.11 Å². The van der Waals surface area contributed by atoms with Crippen molar-refractivity contribution >= 4 is 5.97 Å². The van der Waals surface area contributed by atoms with Crippen molar-refractivity contribution in [2.75, 3.05) is 20.7 Å². The van der Waals surface area contributed by atoms with Crippen LogP contribution in [-0.4, -0.2) is 49.2 Å². The molecule has 1 aliphatic carbocycles. The molecule has 0 aromatic carbocycles. The Balaban J connectivity index is 1.99. The standard InChI is InChI=1S/C17H32N2O2/c1-13-7-5-8-14(2)19(13)12-10-15-9-6-11-17(15,18-3)16(20)21-4/h13-15,18H,5-12H2,1-4H3. The first-order valence-corrected chi connectivity index (χ1v) is 8.58. The number of esters is 1. The summed E-state index contributed by atoms with van der Waals surface area (Å²) in [5, 5.41) is 3.30. The largest absolute Gasteiger partial charge is 0.468 e. The Labute approximate surface area is 129 Å². The molecule has 0 amide bonds. The summed E-state index contributed by atoms with van der Waals surface area (Å²) in [7, 11) is 3.41. The molecule has 0 bridgehead atoms. The number of nitrogens with one attached hydrogen (secondary N) is 1. The highest BCUT2D eigenvalue weighted by Gasteiger charge is 2.48. The van der Waals surface area contributed by atoms with E-state index in [-0.39, 0.29) is 5.97 Å². The maximum atomic E-state index is 12.3. The summed E-state index contributed by atoms with van der Waals surface area (Å²) in [4.78, 5) is 14.9. The summed E-state index contributed by atoms with van der Waals surface area (Å²) in [5.41, 5.74) is -0.447. The van der Waals surface area contributed by atoms with Gasteiger partial charge in [0.1, 0.15) is 5.54 Å². The zero-order chi connectivity index (χ0) is 15.5. The van der Waals surface area contributed by atoms with Gasteiger partial charge in [-0.1, -0.05) is 12.8 Å². The van der Waals surface area contributed by atoms with Crippen LogP contribution in [0.25, 0.3) is 0 Å². The molecule has 21 heavy (non-hydrogen) atoms. The predicted octanol–water partition coefficient (Wildman–Crippen LogP) is 2.57. The van der Waals surface area contributed by atoms with Gasteiger partial charge in [-0.15, -0.1) is 0 Å². The lowest BCUT2D eigenvalue weighted by Gasteiger charge is -2.41. The van der Waals surface area contributed by atoms with Crippen molar-refractivity contribution < 1.29 is 9.53 Å². The van der Waals surface area contributed by atoms with Crippen molar-refractivity contribution in [2.45, 2.75) is 76.4 Å². The van der Waals surface area contributed by atoms with Gasteiger partial charge in [0, 0.05) is 12.1 Å². The van der Waals surface area contributed by atoms with Crippen LogP contribution >= 0.6 is 0 Å². The van der Waals surface area contributed by atoms with Gasteiger partial charge in [0.15, 0.2) is 0 Å². The molecule has 1 heterocycles. The topological polar surface area (TPSA) is 41.6 Å². The molecule has 1 saturated heterocycles. The minimum absolute atomic E-state index is 0.0766. The van der Waals surface area contributed by atoms with Gasteiger partial charge in [0.2, 0.25) is 0 Å². The summed E-state index contributed by atoms with van der Waals surface area (Å²) >= 11 is 0. The van der Waals surface area contributed by atoms with Gasteiger partial charge in [-0.3, -0.25) is 9.69 Å². The van der Waals surface area contributed by atoms with Crippen LogP contribution in [0.3, 0.4) is 0 Å². The van der Waals surface area contributed by atoms with Gasteiger partial charge in [-0.25, -0.2) is 0 Å². The van der Waals surface area contributed by atoms with E-state index in [1.165, 1.54) is 26.4 Å². The molecule has 1 N–H and O–H groups in total. The number of likely N-dealkylation sites (N-methyl/N-ethyl adjacent to an activating group) is 1. The van der Waals surface area contributed by atoms with Crippen molar-refractivity contribution in [3.8, 4) is 0 Å². The van der Waals surface area contributed by atoms with E-state index in [4.69, 9.17) is 4.74 Å². The highest BCUT2D eigenvalue weighted by atomic mass is 16.5. The lowest BCUT2D eigenvalue weighted by atomic mass is 9.84. The number of methoxy groups -OCH3 is 1. The molecule has 1 saturated carbocycles. The van der Waals surface area contributed by atoms with E-state index in [0.717, 1.165) is 32.2 Å². The fourth-order valence-corrected chi connectivity index (χ4v) is 4.57. The second kappa shape index (κ2) is 7.10. The number of rotatable bonds is 5. The lowest BCUT2D eigenvalue weighted by molar-refractivity contribution is -0.150. The molecule has 2 fully saturated rings. The number of hydrogen-bond acceptors (Lipinski definition) is 4. The third kappa shape index (κ3) is 3.26. The quantitative estimate of drug-likeness (QED) is 0.792. The zero-order valence-electron chi connectivity index (χ0n) is 14.2. The molecule has 4 unspecified atom stereocenters. The minimum atomic E-state index is -0.447. The van der Waals surface area contributed by atoms with Crippen LogP contribution in [0.5, 0.6) is 0 Å². The fraction of sp³-hybridized carbons (Fsp3) is 0.941. The Morgan fingerprint density at radius 1 is 1.24 bits per heavy atom. The lowest BCUT2D eigenvalue weighted by Crippen LogP contribution is -2.55. The second-order valence-corrected chi connectivity index (χ2v) is 6.96. The predicted molar refractivity (Wildman–Crippen MR) is 85.2 cm³/mol. The monoisotopic (exact) mass is 296 g/mol. The number of hydrogen-bond donors (Lipinski definition) is 1. The molecule has 4 heteroatoms. The summed E-state index contributed by atoms with van der Waals surface area (Å²) in [6, 6.07) is 1.36. The number of nitrogens with zero attached hydrogens (tertiary/aromatic N) is 1. The van der Waals surface area contributed by atoms with Gasteiger partial charge < -0.3 is 10.1 Å². The first-order valence-electron chi connectivity index (χ1n) is 8.58. The van der Waals surface area contributed by atoms with Crippen LogP contribution in [0, 0.1) is 5.92 Å². The van der Waals surface area contributed by atoms with Crippen LogP contribution in [0.4, 0.5) is 0 Å². The van der Waals surface area contributed by atoms with Crippen LogP contribution in [-0.2, 0) is 9.53 Å². The van der Waals surface area contributed by atoms with E-state index in [2.05, 4.69) is 24.1 Å². The number of ether oxygens (including phenoxy) is 1. The molecule has 0 aromatic heterocycles. The molecule has 0 aromatic rings. The molecular weight excluding hydrogens is 264 g/mol. The second-order valence-electron chi connectivity index (χ2n) is 6.96. The number of piperidine rings is 1. The highest BCUT2D eigenvalue weighted by Crippen LogP contribution is 2.39. The Hall–Kier alpha value is -0.610. The van der Waals surface area contributed by atoms with Crippen LogP contribution in [0.2, 0.25) is 0 Å². The van der Waals surface area contributed by atoms with Gasteiger partial charge in [0.25, 0.3) is 0 Å². The zero-order valence-corrected chi connectivity index (χ0v) is 14.2. The average molecular weight is 296 g/mol. The van der Waals surface area contributed by atoms with E-state index in [9.17, 15) is 4.79 Å².